The lowest BCUT2D eigenvalue weighted by Gasteiger charge is -2.29. The number of aromatic nitrogens is 4. The van der Waals surface area contributed by atoms with Crippen molar-refractivity contribution in [2.45, 2.75) is 58.4 Å². The van der Waals surface area contributed by atoms with E-state index in [-0.39, 0.29) is 11.6 Å². The summed E-state index contributed by atoms with van der Waals surface area (Å²) < 4.78 is 3.73. The zero-order valence-electron chi connectivity index (χ0n) is 19.1. The molecule has 1 aliphatic carbocycles. The Labute approximate surface area is 193 Å². The molecular weight excluding hydrogens is 410 g/mol. The quantitative estimate of drug-likeness (QED) is 0.425. The molecule has 1 aliphatic rings. The van der Waals surface area contributed by atoms with Crippen molar-refractivity contribution in [3.8, 4) is 17.2 Å². The second-order valence-corrected chi connectivity index (χ2v) is 8.80. The van der Waals surface area contributed by atoms with Crippen LogP contribution in [0.25, 0.3) is 16.9 Å². The summed E-state index contributed by atoms with van der Waals surface area (Å²) in [6, 6.07) is 18.4. The Kier molecular flexibility index (Phi) is 5.55. The van der Waals surface area contributed by atoms with E-state index in [2.05, 4.69) is 23.1 Å². The van der Waals surface area contributed by atoms with E-state index in [9.17, 15) is 10.1 Å². The highest BCUT2D eigenvalue weighted by atomic mass is 16.1. The van der Waals surface area contributed by atoms with E-state index in [1.807, 2.05) is 64.5 Å². The molecule has 2 aromatic heterocycles. The summed E-state index contributed by atoms with van der Waals surface area (Å²) in [7, 11) is 0. The number of nitrogens with zero attached hydrogens (tertiary/aromatic N) is 5. The maximum Gasteiger partial charge on any atom is 0.259 e. The molecule has 0 aliphatic heterocycles. The van der Waals surface area contributed by atoms with Crippen molar-refractivity contribution in [1.82, 2.24) is 19.2 Å². The number of nitriles is 1. The molecule has 0 radical (unpaired) electrons. The first-order valence-corrected chi connectivity index (χ1v) is 11.7. The van der Waals surface area contributed by atoms with Crippen LogP contribution >= 0.6 is 0 Å². The molecule has 0 bridgehead atoms. The fourth-order valence-electron chi connectivity index (χ4n) is 4.80. The van der Waals surface area contributed by atoms with Crippen LogP contribution in [0.15, 0.2) is 53.3 Å². The van der Waals surface area contributed by atoms with Crippen LogP contribution in [0.2, 0.25) is 0 Å². The summed E-state index contributed by atoms with van der Waals surface area (Å²) in [5, 5.41) is 14.7. The van der Waals surface area contributed by atoms with Crippen LogP contribution in [-0.4, -0.2) is 19.2 Å². The van der Waals surface area contributed by atoms with Crippen LogP contribution in [0.5, 0.6) is 0 Å². The van der Waals surface area contributed by atoms with Gasteiger partial charge in [0, 0.05) is 18.0 Å². The van der Waals surface area contributed by atoms with Gasteiger partial charge in [-0.1, -0.05) is 61.9 Å². The van der Waals surface area contributed by atoms with Crippen LogP contribution in [0, 0.1) is 18.3 Å². The van der Waals surface area contributed by atoms with Crippen molar-refractivity contribution in [3.05, 3.63) is 87.1 Å². The molecule has 0 saturated heterocycles. The average molecular weight is 438 g/mol. The van der Waals surface area contributed by atoms with Gasteiger partial charge in [-0.15, -0.1) is 0 Å². The zero-order chi connectivity index (χ0) is 22.9. The minimum absolute atomic E-state index is 0.0112. The Morgan fingerprint density at radius 2 is 1.91 bits per heavy atom. The highest BCUT2D eigenvalue weighted by Crippen LogP contribution is 2.33. The standard InChI is InChI=1S/C27H27N5O/c1-3-9-25-23(26(33)31(21-13-8-14-21)27-29-18(2)30-32(25)27)16-20-12-7-15-22(24(20)17-28)19-10-5-4-6-11-19/h4-7,10-12,15,21H,3,8-9,13-14,16H2,1-2H3. The first kappa shape index (κ1) is 21.1. The van der Waals surface area contributed by atoms with Gasteiger partial charge < -0.3 is 0 Å². The van der Waals surface area contributed by atoms with Crippen LogP contribution in [0.1, 0.15) is 66.9 Å². The van der Waals surface area contributed by atoms with Gasteiger partial charge in [-0.3, -0.25) is 9.36 Å². The van der Waals surface area contributed by atoms with Gasteiger partial charge in [0.25, 0.3) is 5.56 Å². The Morgan fingerprint density at radius 1 is 1.12 bits per heavy atom. The summed E-state index contributed by atoms with van der Waals surface area (Å²) in [6.07, 6.45) is 5.13. The minimum Gasteiger partial charge on any atom is -0.274 e. The fraction of sp³-hybridized carbons (Fsp3) is 0.333. The molecule has 1 saturated carbocycles. The third-order valence-electron chi connectivity index (χ3n) is 6.63. The van der Waals surface area contributed by atoms with Crippen molar-refractivity contribution < 1.29 is 0 Å². The maximum atomic E-state index is 13.9. The number of benzene rings is 2. The molecule has 1 fully saturated rings. The normalized spacial score (nSPS) is 13.7. The predicted octanol–water partition coefficient (Wildman–Crippen LogP) is 5.01. The maximum absolute atomic E-state index is 13.9. The number of fused-ring (bicyclic) bond motifs is 1. The van der Waals surface area contributed by atoms with Crippen LogP contribution < -0.4 is 5.56 Å². The topological polar surface area (TPSA) is 76.0 Å². The van der Waals surface area contributed by atoms with E-state index in [0.29, 0.717) is 23.6 Å². The Bertz CT molecular complexity index is 1420. The molecule has 6 nitrogen and oxygen atoms in total. The Balaban J connectivity index is 1.72. The van der Waals surface area contributed by atoms with Crippen molar-refractivity contribution in [2.24, 2.45) is 0 Å². The van der Waals surface area contributed by atoms with Crippen molar-refractivity contribution >= 4 is 5.78 Å². The lowest BCUT2D eigenvalue weighted by atomic mass is 9.91. The van der Waals surface area contributed by atoms with Gasteiger partial charge in [0.15, 0.2) is 0 Å². The fourth-order valence-corrected chi connectivity index (χ4v) is 4.80. The minimum atomic E-state index is 0.0112. The van der Waals surface area contributed by atoms with Gasteiger partial charge in [0.05, 0.1) is 11.3 Å². The second-order valence-electron chi connectivity index (χ2n) is 8.80. The third kappa shape index (κ3) is 3.64. The highest BCUT2D eigenvalue weighted by Gasteiger charge is 2.28. The van der Waals surface area contributed by atoms with Gasteiger partial charge in [0.2, 0.25) is 5.78 Å². The van der Waals surface area contributed by atoms with E-state index in [1.165, 1.54) is 0 Å². The van der Waals surface area contributed by atoms with E-state index < -0.39 is 0 Å². The van der Waals surface area contributed by atoms with Gasteiger partial charge >= 0.3 is 0 Å². The number of rotatable bonds is 6. The van der Waals surface area contributed by atoms with Crippen LogP contribution in [0.3, 0.4) is 0 Å². The lowest BCUT2D eigenvalue weighted by molar-refractivity contribution is 0.308. The van der Waals surface area contributed by atoms with E-state index in [0.717, 1.165) is 60.1 Å². The van der Waals surface area contributed by atoms with E-state index in [1.54, 1.807) is 0 Å². The number of aryl methyl sites for hydroxylation is 2. The predicted molar refractivity (Wildman–Crippen MR) is 128 cm³/mol. The largest absolute Gasteiger partial charge is 0.274 e. The average Bonchev–Trinajstić information content (AvgIpc) is 3.19. The molecule has 0 spiro atoms. The first-order valence-electron chi connectivity index (χ1n) is 11.7. The third-order valence-corrected chi connectivity index (χ3v) is 6.63. The van der Waals surface area contributed by atoms with Gasteiger partial charge in [-0.2, -0.15) is 15.3 Å². The summed E-state index contributed by atoms with van der Waals surface area (Å²) in [5.74, 6) is 1.31. The summed E-state index contributed by atoms with van der Waals surface area (Å²) >= 11 is 0. The molecule has 2 aromatic carbocycles. The Hall–Kier alpha value is -3.72. The van der Waals surface area contributed by atoms with Crippen LogP contribution in [-0.2, 0) is 12.8 Å². The van der Waals surface area contributed by atoms with Crippen molar-refractivity contribution in [2.75, 3.05) is 0 Å². The van der Waals surface area contributed by atoms with Crippen molar-refractivity contribution in [1.29, 1.82) is 5.26 Å². The molecule has 166 valence electrons. The molecule has 6 heteroatoms. The molecule has 2 heterocycles. The van der Waals surface area contributed by atoms with Crippen molar-refractivity contribution in [3.63, 3.8) is 0 Å². The highest BCUT2D eigenvalue weighted by molar-refractivity contribution is 5.72. The van der Waals surface area contributed by atoms with E-state index in [4.69, 9.17) is 0 Å². The number of hydrogen-bond acceptors (Lipinski definition) is 4. The van der Waals surface area contributed by atoms with E-state index >= 15 is 0 Å². The monoisotopic (exact) mass is 437 g/mol. The molecule has 0 unspecified atom stereocenters. The molecular formula is C27H27N5O. The van der Waals surface area contributed by atoms with Gasteiger partial charge in [-0.25, -0.2) is 4.52 Å². The molecule has 0 amide bonds. The zero-order valence-corrected chi connectivity index (χ0v) is 19.1. The lowest BCUT2D eigenvalue weighted by Crippen LogP contribution is -2.35. The molecule has 4 aromatic rings. The second kappa shape index (κ2) is 8.67. The SMILES string of the molecule is CCCc1c(Cc2cccc(-c3ccccc3)c2C#N)c(=O)n(C2CCC2)c2nc(C)nn12. The van der Waals surface area contributed by atoms with Gasteiger partial charge in [0.1, 0.15) is 11.9 Å². The van der Waals surface area contributed by atoms with Gasteiger partial charge in [-0.05, 0) is 49.3 Å². The molecule has 33 heavy (non-hydrogen) atoms. The summed E-state index contributed by atoms with van der Waals surface area (Å²) in [6.45, 7) is 3.97. The smallest absolute Gasteiger partial charge is 0.259 e. The Morgan fingerprint density at radius 3 is 2.58 bits per heavy atom. The van der Waals surface area contributed by atoms with Crippen LogP contribution in [0.4, 0.5) is 0 Å². The molecule has 0 N–H and O–H groups in total. The number of hydrogen-bond donors (Lipinski definition) is 0. The molecule has 0 atom stereocenters. The summed E-state index contributed by atoms with van der Waals surface area (Å²) in [4.78, 5) is 18.5. The molecule has 5 rings (SSSR count). The summed E-state index contributed by atoms with van der Waals surface area (Å²) in [5.41, 5.74) is 5.02. The first-order chi connectivity index (χ1) is 16.1.